The Balaban J connectivity index is 2.62. The molecule has 0 atom stereocenters. The molecule has 1 aliphatic rings. The van der Waals surface area contributed by atoms with Gasteiger partial charge in [0.2, 0.25) is 0 Å². The fourth-order valence-corrected chi connectivity index (χ4v) is 0.758. The maximum Gasteiger partial charge on any atom is 0.535 e. The summed E-state index contributed by atoms with van der Waals surface area (Å²) in [6.45, 7) is 0.359. The van der Waals surface area contributed by atoms with E-state index < -0.39 is 14.0 Å². The van der Waals surface area contributed by atoms with E-state index in [1.54, 1.807) is 0 Å². The molecule has 0 unspecified atom stereocenters. The second-order valence-corrected chi connectivity index (χ2v) is 2.57. The quantitative estimate of drug-likeness (QED) is 0.560. The Morgan fingerprint density at radius 3 is 2.30 bits per heavy atom. The molecule has 1 fully saturated rings. The highest BCUT2D eigenvalue weighted by atomic mass is 31.2. The lowest BCUT2D eigenvalue weighted by Gasteiger charge is -1.92. The zero-order chi connectivity index (χ0) is 7.61. The monoisotopic (exact) mass is 171 g/mol. The third kappa shape index (κ3) is 2.31. The molecular weight excluding hydrogens is 167 g/mol. The first-order valence-corrected chi connectivity index (χ1v) is 3.87. The van der Waals surface area contributed by atoms with Crippen LogP contribution in [0.5, 0.6) is 0 Å². The summed E-state index contributed by atoms with van der Waals surface area (Å²) in [5.41, 5.74) is 0. The first-order valence-electron chi connectivity index (χ1n) is 2.43. The zero-order valence-electron chi connectivity index (χ0n) is 4.79. The Bertz CT molecular complexity index is 192. The van der Waals surface area contributed by atoms with Gasteiger partial charge in [0.1, 0.15) is 13.2 Å². The van der Waals surface area contributed by atoms with Crippen LogP contribution in [-0.2, 0) is 14.0 Å². The van der Waals surface area contributed by atoms with E-state index in [9.17, 15) is 13.0 Å². The summed E-state index contributed by atoms with van der Waals surface area (Å²) >= 11 is 0. The van der Waals surface area contributed by atoms with Gasteiger partial charge in [0.05, 0.1) is 0 Å². The Morgan fingerprint density at radius 2 is 1.90 bits per heavy atom. The minimum atomic E-state index is -5.38. The third-order valence-corrected chi connectivity index (χ3v) is 1.13. The van der Waals surface area contributed by atoms with Crippen LogP contribution in [0.15, 0.2) is 4.76 Å². The van der Waals surface area contributed by atoms with Crippen molar-refractivity contribution in [2.45, 2.75) is 0 Å². The van der Waals surface area contributed by atoms with E-state index in [0.29, 0.717) is 0 Å². The van der Waals surface area contributed by atoms with Crippen molar-refractivity contribution < 1.29 is 22.4 Å². The zero-order valence-corrected chi connectivity index (χ0v) is 5.68. The molecule has 10 heavy (non-hydrogen) atoms. The van der Waals surface area contributed by atoms with Crippen LogP contribution in [0.2, 0.25) is 0 Å². The molecule has 0 aromatic heterocycles. The van der Waals surface area contributed by atoms with Crippen LogP contribution in [0.25, 0.3) is 0 Å². The van der Waals surface area contributed by atoms with E-state index in [2.05, 4.69) is 14.2 Å². The predicted octanol–water partition coefficient (Wildman–Crippen LogP) is 1.44. The standard InChI is InChI=1S/C3H4F2NO3P/c4-10(5,7)6-3-8-1-2-9-3/h1-2H2. The normalized spacial score (nSPS) is 18.0. The molecule has 0 saturated carbocycles. The molecule has 0 N–H and O–H groups in total. The van der Waals surface area contributed by atoms with Crippen LogP contribution >= 0.6 is 7.91 Å². The third-order valence-electron chi connectivity index (χ3n) is 0.732. The van der Waals surface area contributed by atoms with Crippen LogP contribution in [0.3, 0.4) is 0 Å². The van der Waals surface area contributed by atoms with Crippen molar-refractivity contribution in [1.29, 1.82) is 0 Å². The van der Waals surface area contributed by atoms with Gasteiger partial charge < -0.3 is 9.47 Å². The van der Waals surface area contributed by atoms with Crippen LogP contribution in [-0.4, -0.2) is 19.3 Å². The molecule has 0 amide bonds. The average Bonchev–Trinajstić information content (AvgIpc) is 2.12. The fraction of sp³-hybridized carbons (Fsp3) is 0.667. The summed E-state index contributed by atoms with van der Waals surface area (Å²) < 4.78 is 44.1. The molecule has 4 nitrogen and oxygen atoms in total. The molecular formula is C3H4F2NO3P. The summed E-state index contributed by atoms with van der Waals surface area (Å²) in [7, 11) is -5.38. The maximum absolute atomic E-state index is 11.6. The SMILES string of the molecule is O=P(F)(F)N=C1OCCO1. The van der Waals surface area contributed by atoms with Gasteiger partial charge in [-0.2, -0.15) is 0 Å². The van der Waals surface area contributed by atoms with Crippen molar-refractivity contribution >= 4 is 14.0 Å². The lowest BCUT2D eigenvalue weighted by molar-refractivity contribution is 0.337. The summed E-state index contributed by atoms with van der Waals surface area (Å²) in [6.07, 6.45) is -0.576. The van der Waals surface area contributed by atoms with Gasteiger partial charge in [0.15, 0.2) is 0 Å². The van der Waals surface area contributed by atoms with E-state index >= 15 is 0 Å². The molecule has 0 radical (unpaired) electrons. The molecule has 58 valence electrons. The number of rotatable bonds is 1. The van der Waals surface area contributed by atoms with Gasteiger partial charge >= 0.3 is 14.0 Å². The summed E-state index contributed by atoms with van der Waals surface area (Å²) in [4.78, 5) is 0. The highest BCUT2D eigenvalue weighted by Crippen LogP contribution is 2.51. The number of ether oxygens (including phenoxy) is 2. The van der Waals surface area contributed by atoms with Gasteiger partial charge in [0, 0.05) is 0 Å². The van der Waals surface area contributed by atoms with Crippen molar-refractivity contribution in [1.82, 2.24) is 0 Å². The topological polar surface area (TPSA) is 47.9 Å². The van der Waals surface area contributed by atoms with Crippen molar-refractivity contribution in [2.75, 3.05) is 13.2 Å². The fourth-order valence-electron chi connectivity index (χ4n) is 0.452. The molecule has 0 aromatic rings. The minimum Gasteiger partial charge on any atom is -0.447 e. The molecule has 7 heteroatoms. The second kappa shape index (κ2) is 2.54. The Morgan fingerprint density at radius 1 is 1.40 bits per heavy atom. The van der Waals surface area contributed by atoms with Crippen LogP contribution in [0, 0.1) is 0 Å². The minimum absolute atomic E-state index is 0.179. The molecule has 1 heterocycles. The Labute approximate surface area is 55.5 Å². The highest BCUT2D eigenvalue weighted by molar-refractivity contribution is 7.51. The highest BCUT2D eigenvalue weighted by Gasteiger charge is 2.23. The number of nitrogens with zero attached hydrogens (tertiary/aromatic N) is 1. The van der Waals surface area contributed by atoms with Gasteiger partial charge in [-0.1, -0.05) is 4.76 Å². The van der Waals surface area contributed by atoms with Crippen LogP contribution in [0.1, 0.15) is 0 Å². The van der Waals surface area contributed by atoms with E-state index in [0.717, 1.165) is 0 Å². The predicted molar refractivity (Wildman–Crippen MR) is 29.2 cm³/mol. The van der Waals surface area contributed by atoms with Crippen molar-refractivity contribution in [3.63, 3.8) is 0 Å². The molecule has 0 spiro atoms. The van der Waals surface area contributed by atoms with E-state index in [-0.39, 0.29) is 13.2 Å². The molecule has 0 bridgehead atoms. The van der Waals surface area contributed by atoms with Crippen molar-refractivity contribution in [3.8, 4) is 0 Å². The molecule has 0 aromatic carbocycles. The first-order chi connectivity index (χ1) is 4.58. The number of hydrogen-bond donors (Lipinski definition) is 0. The lowest BCUT2D eigenvalue weighted by atomic mass is 10.8. The summed E-state index contributed by atoms with van der Waals surface area (Å²) in [6, 6.07) is 0. The maximum atomic E-state index is 11.6. The average molecular weight is 171 g/mol. The molecule has 1 aliphatic heterocycles. The Kier molecular flexibility index (Phi) is 1.89. The smallest absolute Gasteiger partial charge is 0.447 e. The number of halogens is 2. The van der Waals surface area contributed by atoms with Gasteiger partial charge in [-0.25, -0.2) is 4.57 Å². The van der Waals surface area contributed by atoms with Crippen LogP contribution < -0.4 is 0 Å². The summed E-state index contributed by atoms with van der Waals surface area (Å²) in [5.74, 6) is 0. The summed E-state index contributed by atoms with van der Waals surface area (Å²) in [5, 5.41) is 0. The van der Waals surface area contributed by atoms with Crippen molar-refractivity contribution in [3.05, 3.63) is 0 Å². The lowest BCUT2D eigenvalue weighted by Crippen LogP contribution is -1.94. The van der Waals surface area contributed by atoms with E-state index in [4.69, 9.17) is 0 Å². The van der Waals surface area contributed by atoms with E-state index in [1.807, 2.05) is 0 Å². The second-order valence-electron chi connectivity index (χ2n) is 1.50. The largest absolute Gasteiger partial charge is 0.535 e. The molecule has 0 aliphatic carbocycles. The number of hydrogen-bond acceptors (Lipinski definition) is 3. The molecule has 1 saturated heterocycles. The Hall–Kier alpha value is -0.640. The first kappa shape index (κ1) is 7.47. The van der Waals surface area contributed by atoms with Gasteiger partial charge in [-0.05, 0) is 0 Å². The van der Waals surface area contributed by atoms with Crippen molar-refractivity contribution in [2.24, 2.45) is 4.76 Å². The van der Waals surface area contributed by atoms with Gasteiger partial charge in [-0.15, -0.1) is 8.39 Å². The van der Waals surface area contributed by atoms with Crippen LogP contribution in [0.4, 0.5) is 8.39 Å². The molecule has 1 rings (SSSR count). The van der Waals surface area contributed by atoms with Gasteiger partial charge in [-0.3, -0.25) is 0 Å². The van der Waals surface area contributed by atoms with E-state index in [1.165, 1.54) is 0 Å². The van der Waals surface area contributed by atoms with Gasteiger partial charge in [0.25, 0.3) is 0 Å².